The van der Waals surface area contributed by atoms with Crippen molar-refractivity contribution in [1.82, 2.24) is 9.88 Å². The molecule has 0 amide bonds. The van der Waals surface area contributed by atoms with Crippen LogP contribution < -0.4 is 5.73 Å². The minimum absolute atomic E-state index is 0.463. The molecule has 72 valence electrons. The molecule has 2 atom stereocenters. The van der Waals surface area contributed by atoms with Crippen molar-refractivity contribution in [3.05, 3.63) is 16.6 Å². The van der Waals surface area contributed by atoms with Gasteiger partial charge in [-0.2, -0.15) is 0 Å². The SMILES string of the molecule is CN1CCC(CN)C1c1nccs1. The van der Waals surface area contributed by atoms with Gasteiger partial charge in [0.05, 0.1) is 6.04 Å². The van der Waals surface area contributed by atoms with Gasteiger partial charge in [0.1, 0.15) is 5.01 Å². The molecule has 1 saturated heterocycles. The van der Waals surface area contributed by atoms with Crippen molar-refractivity contribution in [3.63, 3.8) is 0 Å². The summed E-state index contributed by atoms with van der Waals surface area (Å²) in [5.41, 5.74) is 5.74. The summed E-state index contributed by atoms with van der Waals surface area (Å²) in [5, 5.41) is 3.25. The van der Waals surface area contributed by atoms with Crippen molar-refractivity contribution in [2.24, 2.45) is 11.7 Å². The molecule has 0 saturated carbocycles. The number of thiazole rings is 1. The lowest BCUT2D eigenvalue weighted by molar-refractivity contribution is 0.279. The Morgan fingerprint density at radius 3 is 3.23 bits per heavy atom. The summed E-state index contributed by atoms with van der Waals surface area (Å²) in [7, 11) is 2.15. The van der Waals surface area contributed by atoms with Gasteiger partial charge < -0.3 is 5.73 Å². The van der Waals surface area contributed by atoms with Gasteiger partial charge in [0.2, 0.25) is 0 Å². The van der Waals surface area contributed by atoms with E-state index in [0.29, 0.717) is 12.0 Å². The van der Waals surface area contributed by atoms with Crippen molar-refractivity contribution >= 4 is 11.3 Å². The van der Waals surface area contributed by atoms with Gasteiger partial charge in [-0.3, -0.25) is 4.90 Å². The Morgan fingerprint density at radius 2 is 2.62 bits per heavy atom. The molecule has 13 heavy (non-hydrogen) atoms. The number of aromatic nitrogens is 1. The maximum Gasteiger partial charge on any atom is 0.110 e. The monoisotopic (exact) mass is 197 g/mol. The molecule has 0 radical (unpaired) electrons. The maximum absolute atomic E-state index is 5.74. The molecule has 3 nitrogen and oxygen atoms in total. The van der Waals surface area contributed by atoms with E-state index < -0.39 is 0 Å². The van der Waals surface area contributed by atoms with E-state index in [1.807, 2.05) is 11.6 Å². The smallest absolute Gasteiger partial charge is 0.110 e. The highest BCUT2D eigenvalue weighted by Crippen LogP contribution is 2.35. The van der Waals surface area contributed by atoms with E-state index in [2.05, 4.69) is 16.9 Å². The van der Waals surface area contributed by atoms with E-state index in [1.54, 1.807) is 11.3 Å². The van der Waals surface area contributed by atoms with Crippen LogP contribution in [0.25, 0.3) is 0 Å². The highest BCUT2D eigenvalue weighted by atomic mass is 32.1. The molecule has 1 aliphatic rings. The summed E-state index contributed by atoms with van der Waals surface area (Å²) in [6.07, 6.45) is 3.08. The molecule has 0 aliphatic carbocycles. The van der Waals surface area contributed by atoms with E-state index in [-0.39, 0.29) is 0 Å². The number of nitrogens with zero attached hydrogens (tertiary/aromatic N) is 2. The van der Waals surface area contributed by atoms with Crippen LogP contribution in [-0.2, 0) is 0 Å². The van der Waals surface area contributed by atoms with Crippen molar-refractivity contribution in [3.8, 4) is 0 Å². The third-order valence-electron chi connectivity index (χ3n) is 2.78. The van der Waals surface area contributed by atoms with Crippen LogP contribution in [-0.4, -0.2) is 30.0 Å². The molecule has 0 aromatic carbocycles. The summed E-state index contributed by atoms with van der Waals surface area (Å²) < 4.78 is 0. The molecule has 4 heteroatoms. The van der Waals surface area contributed by atoms with Crippen LogP contribution >= 0.6 is 11.3 Å². The molecule has 1 aromatic rings. The van der Waals surface area contributed by atoms with E-state index in [0.717, 1.165) is 13.1 Å². The van der Waals surface area contributed by atoms with Gasteiger partial charge in [0.15, 0.2) is 0 Å². The molecule has 2 N–H and O–H groups in total. The summed E-state index contributed by atoms with van der Waals surface area (Å²) in [6.45, 7) is 1.92. The molecule has 1 aromatic heterocycles. The zero-order valence-electron chi connectivity index (χ0n) is 7.81. The zero-order valence-corrected chi connectivity index (χ0v) is 8.63. The second kappa shape index (κ2) is 3.74. The first-order valence-electron chi connectivity index (χ1n) is 4.62. The van der Waals surface area contributed by atoms with E-state index in [4.69, 9.17) is 5.73 Å². The first-order chi connectivity index (χ1) is 6.33. The second-order valence-electron chi connectivity index (χ2n) is 3.58. The molecule has 0 spiro atoms. The Morgan fingerprint density at radius 1 is 1.77 bits per heavy atom. The first kappa shape index (κ1) is 9.12. The molecule has 2 heterocycles. The largest absolute Gasteiger partial charge is 0.330 e. The number of rotatable bonds is 2. The van der Waals surface area contributed by atoms with Gasteiger partial charge in [-0.25, -0.2) is 4.98 Å². The van der Waals surface area contributed by atoms with Gasteiger partial charge in [-0.05, 0) is 32.5 Å². The third-order valence-corrected chi connectivity index (χ3v) is 3.63. The highest BCUT2D eigenvalue weighted by Gasteiger charge is 2.33. The minimum atomic E-state index is 0.463. The number of likely N-dealkylation sites (tertiary alicyclic amines) is 1. The molecule has 1 aliphatic heterocycles. The van der Waals surface area contributed by atoms with Crippen LogP contribution in [0.2, 0.25) is 0 Å². The van der Waals surface area contributed by atoms with Crippen molar-refractivity contribution in [2.75, 3.05) is 20.1 Å². The average molecular weight is 197 g/mol. The fourth-order valence-electron chi connectivity index (χ4n) is 2.04. The molecule has 2 rings (SSSR count). The molecular weight excluding hydrogens is 182 g/mol. The van der Waals surface area contributed by atoms with Gasteiger partial charge in [-0.15, -0.1) is 11.3 Å². The van der Waals surface area contributed by atoms with Gasteiger partial charge >= 0.3 is 0 Å². The third kappa shape index (κ3) is 1.61. The predicted molar refractivity (Wildman–Crippen MR) is 54.6 cm³/mol. The maximum atomic E-state index is 5.74. The average Bonchev–Trinajstić information content (AvgIpc) is 2.72. The van der Waals surface area contributed by atoms with Crippen LogP contribution in [0.5, 0.6) is 0 Å². The lowest BCUT2D eigenvalue weighted by atomic mass is 10.0. The Hall–Kier alpha value is -0.450. The number of nitrogens with two attached hydrogens (primary N) is 1. The minimum Gasteiger partial charge on any atom is -0.330 e. The summed E-state index contributed by atoms with van der Waals surface area (Å²) >= 11 is 1.73. The van der Waals surface area contributed by atoms with Crippen LogP contribution in [0.15, 0.2) is 11.6 Å². The van der Waals surface area contributed by atoms with Crippen LogP contribution in [0, 0.1) is 5.92 Å². The van der Waals surface area contributed by atoms with Crippen molar-refractivity contribution < 1.29 is 0 Å². The molecule has 2 unspecified atom stereocenters. The Bertz CT molecular complexity index is 260. The van der Waals surface area contributed by atoms with Crippen LogP contribution in [0.3, 0.4) is 0 Å². The lowest BCUT2D eigenvalue weighted by Gasteiger charge is -2.21. The molecule has 0 bridgehead atoms. The highest BCUT2D eigenvalue weighted by molar-refractivity contribution is 7.09. The lowest BCUT2D eigenvalue weighted by Crippen LogP contribution is -2.24. The van der Waals surface area contributed by atoms with E-state index >= 15 is 0 Å². The second-order valence-corrected chi connectivity index (χ2v) is 4.51. The summed E-state index contributed by atoms with van der Waals surface area (Å²) in [6, 6.07) is 0.463. The number of hydrogen-bond donors (Lipinski definition) is 1. The Labute approximate surface area is 82.6 Å². The van der Waals surface area contributed by atoms with Crippen LogP contribution in [0.1, 0.15) is 17.5 Å². The Balaban J connectivity index is 2.20. The van der Waals surface area contributed by atoms with Crippen molar-refractivity contribution in [2.45, 2.75) is 12.5 Å². The first-order valence-corrected chi connectivity index (χ1v) is 5.50. The fraction of sp³-hybridized carbons (Fsp3) is 0.667. The predicted octanol–water partition coefficient (Wildman–Crippen LogP) is 1.09. The van der Waals surface area contributed by atoms with Gasteiger partial charge in [0.25, 0.3) is 0 Å². The van der Waals surface area contributed by atoms with Crippen molar-refractivity contribution in [1.29, 1.82) is 0 Å². The quantitative estimate of drug-likeness (QED) is 0.772. The van der Waals surface area contributed by atoms with Gasteiger partial charge in [0, 0.05) is 11.6 Å². The topological polar surface area (TPSA) is 42.1 Å². The number of hydrogen-bond acceptors (Lipinski definition) is 4. The normalized spacial score (nSPS) is 29.7. The van der Waals surface area contributed by atoms with Gasteiger partial charge in [-0.1, -0.05) is 0 Å². The van der Waals surface area contributed by atoms with E-state index in [9.17, 15) is 0 Å². The summed E-state index contributed by atoms with van der Waals surface area (Å²) in [4.78, 5) is 6.73. The van der Waals surface area contributed by atoms with E-state index in [1.165, 1.54) is 11.4 Å². The zero-order chi connectivity index (χ0) is 9.26. The standard InChI is InChI=1S/C9H15N3S/c1-12-4-2-7(6-10)8(12)9-11-3-5-13-9/h3,5,7-8H,2,4,6,10H2,1H3. The van der Waals surface area contributed by atoms with Crippen LogP contribution in [0.4, 0.5) is 0 Å². The molecule has 1 fully saturated rings. The fourth-order valence-corrected chi connectivity index (χ4v) is 2.94. The molecular formula is C9H15N3S. The summed E-state index contributed by atoms with van der Waals surface area (Å²) in [5.74, 6) is 0.594. The Kier molecular flexibility index (Phi) is 2.62.